The summed E-state index contributed by atoms with van der Waals surface area (Å²) in [6.07, 6.45) is 4.28. The van der Waals surface area contributed by atoms with Crippen LogP contribution in [0.15, 0.2) is 0 Å². The van der Waals surface area contributed by atoms with Crippen molar-refractivity contribution in [1.29, 1.82) is 0 Å². The molecule has 0 N–H and O–H groups in total. The average molecular weight is 216 g/mol. The number of hydrogen-bond donors (Lipinski definition) is 0. The van der Waals surface area contributed by atoms with Crippen molar-refractivity contribution in [3.8, 4) is 0 Å². The van der Waals surface area contributed by atoms with Crippen molar-refractivity contribution >= 4 is 0 Å². The van der Waals surface area contributed by atoms with E-state index in [-0.39, 0.29) is 7.43 Å². The summed E-state index contributed by atoms with van der Waals surface area (Å²) in [4.78, 5) is 4.66. The average Bonchev–Trinajstić information content (AvgIpc) is 2.21. The first-order chi connectivity index (χ1) is 6.79. The molecule has 2 fully saturated rings. The number of ether oxygens (including phenoxy) is 1. The van der Waals surface area contributed by atoms with Gasteiger partial charge in [-0.1, -0.05) is 13.8 Å². The fraction of sp³-hybridized carbons (Fsp3) is 1.00. The van der Waals surface area contributed by atoms with Gasteiger partial charge in [0.05, 0.1) is 13.2 Å². The molecule has 15 heavy (non-hydrogen) atoms. The van der Waals surface area contributed by atoms with Crippen LogP contribution in [0.25, 0.3) is 0 Å². The minimum atomic E-state index is 0. The van der Waals surface area contributed by atoms with Crippen LogP contribution in [0, 0.1) is 0 Å². The number of rotatable bonds is 0. The monoisotopic (exact) mass is 216 g/mol. The Bertz CT molecular complexity index is 114. The number of hydrogen-bond acceptors (Lipinski definition) is 3. The molecule has 0 aromatic rings. The fourth-order valence-corrected chi connectivity index (χ4v) is 1.71. The number of likely N-dealkylation sites (N-methyl/N-ethyl adjacent to an activating group) is 1. The Kier molecular flexibility index (Phi) is 9.06. The van der Waals surface area contributed by atoms with Gasteiger partial charge in [0, 0.05) is 13.1 Å². The van der Waals surface area contributed by atoms with E-state index in [2.05, 4.69) is 23.9 Å². The quantitative estimate of drug-likeness (QED) is 0.613. The Labute approximate surface area is 95.4 Å². The van der Waals surface area contributed by atoms with Crippen LogP contribution in [0.1, 0.15) is 26.7 Å². The minimum absolute atomic E-state index is 0. The lowest BCUT2D eigenvalue weighted by Crippen LogP contribution is -2.32. The topological polar surface area (TPSA) is 15.7 Å². The molecular weight excluding hydrogens is 188 g/mol. The summed E-state index contributed by atoms with van der Waals surface area (Å²) in [6, 6.07) is 0. The molecule has 2 aliphatic rings. The molecule has 0 unspecified atom stereocenters. The second-order valence-corrected chi connectivity index (χ2v) is 4.28. The molecule has 0 saturated carbocycles. The molecule has 0 aromatic carbocycles. The van der Waals surface area contributed by atoms with Crippen LogP contribution in [0.4, 0.5) is 0 Å². The van der Waals surface area contributed by atoms with Gasteiger partial charge in [-0.2, -0.15) is 0 Å². The molecule has 0 aliphatic carbocycles. The summed E-state index contributed by atoms with van der Waals surface area (Å²) in [5.74, 6) is 0. The lowest BCUT2D eigenvalue weighted by Gasteiger charge is -2.21. The summed E-state index contributed by atoms with van der Waals surface area (Å²) in [5, 5.41) is 0. The molecule has 0 aromatic heterocycles. The molecule has 0 spiro atoms. The highest BCUT2D eigenvalue weighted by Gasteiger charge is 2.02. The summed E-state index contributed by atoms with van der Waals surface area (Å²) >= 11 is 0. The fourth-order valence-electron chi connectivity index (χ4n) is 1.71. The van der Waals surface area contributed by atoms with Crippen LogP contribution in [0.2, 0.25) is 0 Å². The maximum absolute atomic E-state index is 5.10. The molecule has 2 heterocycles. The van der Waals surface area contributed by atoms with Gasteiger partial charge in [0.2, 0.25) is 0 Å². The zero-order chi connectivity index (χ0) is 10.2. The van der Waals surface area contributed by atoms with Gasteiger partial charge in [0.25, 0.3) is 0 Å². The zero-order valence-corrected chi connectivity index (χ0v) is 9.67. The van der Waals surface area contributed by atoms with Gasteiger partial charge in [0.15, 0.2) is 0 Å². The van der Waals surface area contributed by atoms with E-state index in [1.807, 2.05) is 0 Å². The predicted octanol–water partition coefficient (Wildman–Crippen LogP) is 1.69. The first kappa shape index (κ1) is 14.9. The van der Waals surface area contributed by atoms with E-state index in [1.165, 1.54) is 32.4 Å². The summed E-state index contributed by atoms with van der Waals surface area (Å²) in [5.41, 5.74) is 0. The molecule has 3 heteroatoms. The van der Waals surface area contributed by atoms with Gasteiger partial charge >= 0.3 is 0 Å². The summed E-state index contributed by atoms with van der Waals surface area (Å²) < 4.78 is 5.10. The highest BCUT2D eigenvalue weighted by molar-refractivity contribution is 4.58. The van der Waals surface area contributed by atoms with Crippen molar-refractivity contribution in [1.82, 2.24) is 9.80 Å². The SMILES string of the molecule is C.CN1CCCCC1.CN1CCOCC1. The number of piperidine rings is 1. The van der Waals surface area contributed by atoms with Gasteiger partial charge in [-0.05, 0) is 40.0 Å². The highest BCUT2D eigenvalue weighted by Crippen LogP contribution is 2.04. The van der Waals surface area contributed by atoms with Crippen LogP contribution in [-0.2, 0) is 4.74 Å². The van der Waals surface area contributed by atoms with E-state index in [1.54, 1.807) is 0 Å². The molecule has 0 amide bonds. The third kappa shape index (κ3) is 7.77. The third-order valence-corrected chi connectivity index (χ3v) is 2.81. The number of morpholine rings is 1. The van der Waals surface area contributed by atoms with Crippen molar-refractivity contribution in [2.45, 2.75) is 26.7 Å². The normalized spacial score (nSPS) is 23.6. The van der Waals surface area contributed by atoms with Gasteiger partial charge in [-0.3, -0.25) is 0 Å². The first-order valence-electron chi connectivity index (χ1n) is 5.74. The lowest BCUT2D eigenvalue weighted by atomic mass is 10.1. The standard InChI is InChI=1S/C6H13N.C5H11NO.CH4/c1-7-5-3-2-4-6-7;1-6-2-4-7-5-3-6;/h2-6H2,1H3;2-5H2,1H3;1H4. The van der Waals surface area contributed by atoms with Crippen LogP contribution < -0.4 is 0 Å². The molecule has 0 radical (unpaired) electrons. The highest BCUT2D eigenvalue weighted by atomic mass is 16.5. The minimum Gasteiger partial charge on any atom is -0.379 e. The van der Waals surface area contributed by atoms with E-state index in [0.29, 0.717) is 0 Å². The van der Waals surface area contributed by atoms with Crippen molar-refractivity contribution < 1.29 is 4.74 Å². The van der Waals surface area contributed by atoms with E-state index < -0.39 is 0 Å². The van der Waals surface area contributed by atoms with Crippen LogP contribution in [-0.4, -0.2) is 63.3 Å². The van der Waals surface area contributed by atoms with Crippen molar-refractivity contribution in [2.75, 3.05) is 53.5 Å². The molecule has 2 aliphatic heterocycles. The molecule has 3 nitrogen and oxygen atoms in total. The second kappa shape index (κ2) is 9.13. The van der Waals surface area contributed by atoms with Gasteiger partial charge in [-0.25, -0.2) is 0 Å². The smallest absolute Gasteiger partial charge is 0.0594 e. The van der Waals surface area contributed by atoms with E-state index in [9.17, 15) is 0 Å². The third-order valence-electron chi connectivity index (χ3n) is 2.81. The summed E-state index contributed by atoms with van der Waals surface area (Å²) in [6.45, 7) is 6.66. The van der Waals surface area contributed by atoms with Crippen molar-refractivity contribution in [3.05, 3.63) is 0 Å². The van der Waals surface area contributed by atoms with Crippen LogP contribution in [0.5, 0.6) is 0 Å². The number of likely N-dealkylation sites (tertiary alicyclic amines) is 1. The van der Waals surface area contributed by atoms with E-state index in [4.69, 9.17) is 4.74 Å². The second-order valence-electron chi connectivity index (χ2n) is 4.28. The van der Waals surface area contributed by atoms with Crippen LogP contribution in [0.3, 0.4) is 0 Å². The summed E-state index contributed by atoms with van der Waals surface area (Å²) in [7, 11) is 4.31. The Morgan fingerprint density at radius 2 is 1.20 bits per heavy atom. The Hall–Kier alpha value is -0.120. The van der Waals surface area contributed by atoms with E-state index in [0.717, 1.165) is 26.3 Å². The lowest BCUT2D eigenvalue weighted by molar-refractivity contribution is 0.0503. The van der Waals surface area contributed by atoms with Gasteiger partial charge in [0.1, 0.15) is 0 Å². The number of nitrogens with zero attached hydrogens (tertiary/aromatic N) is 2. The molecule has 92 valence electrons. The first-order valence-corrected chi connectivity index (χ1v) is 5.74. The molecule has 2 rings (SSSR count). The predicted molar refractivity (Wildman–Crippen MR) is 66.4 cm³/mol. The Morgan fingerprint density at radius 1 is 0.733 bits per heavy atom. The molecule has 2 saturated heterocycles. The van der Waals surface area contributed by atoms with Crippen LogP contribution >= 0.6 is 0 Å². The Morgan fingerprint density at radius 3 is 1.47 bits per heavy atom. The maximum Gasteiger partial charge on any atom is 0.0594 e. The zero-order valence-electron chi connectivity index (χ0n) is 9.67. The van der Waals surface area contributed by atoms with Crippen molar-refractivity contribution in [3.63, 3.8) is 0 Å². The van der Waals surface area contributed by atoms with Gasteiger partial charge < -0.3 is 14.5 Å². The maximum atomic E-state index is 5.10. The molecule has 0 bridgehead atoms. The van der Waals surface area contributed by atoms with Gasteiger partial charge in [-0.15, -0.1) is 0 Å². The molecule has 0 atom stereocenters. The Balaban J connectivity index is 0.000000245. The molecular formula is C12H28N2O. The largest absolute Gasteiger partial charge is 0.379 e. The van der Waals surface area contributed by atoms with E-state index >= 15 is 0 Å². The van der Waals surface area contributed by atoms with Crippen molar-refractivity contribution in [2.24, 2.45) is 0 Å².